The smallest absolute Gasteiger partial charge is 0.364 e. The third-order valence-corrected chi connectivity index (χ3v) is 8.52. The Bertz CT molecular complexity index is 1230. The number of piperidine rings is 1. The van der Waals surface area contributed by atoms with E-state index in [1.165, 1.54) is 12.1 Å². The van der Waals surface area contributed by atoms with E-state index in [1.54, 1.807) is 29.2 Å². The van der Waals surface area contributed by atoms with Gasteiger partial charge in [-0.25, -0.2) is 4.98 Å². The second-order valence-electron chi connectivity index (χ2n) is 11.1. The number of hydrogen-bond acceptors (Lipinski definition) is 5. The van der Waals surface area contributed by atoms with Gasteiger partial charge in [-0.05, 0) is 75.4 Å². The van der Waals surface area contributed by atoms with E-state index < -0.39 is 17.8 Å². The molecule has 1 aromatic heterocycles. The first-order valence-corrected chi connectivity index (χ1v) is 14.4. The fourth-order valence-corrected chi connectivity index (χ4v) is 6.02. The predicted octanol–water partition coefficient (Wildman–Crippen LogP) is 5.24. The van der Waals surface area contributed by atoms with Gasteiger partial charge in [0.15, 0.2) is 5.69 Å². The van der Waals surface area contributed by atoms with Crippen LogP contribution in [-0.2, 0) is 6.18 Å². The molecule has 2 aromatic rings. The van der Waals surface area contributed by atoms with Crippen LogP contribution in [0, 0.1) is 0 Å². The summed E-state index contributed by atoms with van der Waals surface area (Å²) in [6.45, 7) is 6.29. The van der Waals surface area contributed by atoms with E-state index >= 15 is 0 Å². The van der Waals surface area contributed by atoms with E-state index in [-0.39, 0.29) is 41.5 Å². The largest absolute Gasteiger partial charge is 0.435 e. The van der Waals surface area contributed by atoms with Crippen molar-refractivity contribution in [3.05, 3.63) is 58.4 Å². The van der Waals surface area contributed by atoms with Crippen LogP contribution in [0.15, 0.2) is 36.4 Å². The molecule has 1 aliphatic carbocycles. The maximum Gasteiger partial charge on any atom is 0.435 e. The Morgan fingerprint density at radius 3 is 2.30 bits per heavy atom. The Morgan fingerprint density at radius 1 is 1.02 bits per heavy atom. The topological polar surface area (TPSA) is 68.8 Å². The fraction of sp³-hybridized carbons (Fsp3) is 0.552. The second kappa shape index (κ2) is 11.6. The molecule has 3 heterocycles. The lowest BCUT2D eigenvalue weighted by Crippen LogP contribution is -2.62. The molecule has 1 aromatic carbocycles. The third kappa shape index (κ3) is 6.22. The van der Waals surface area contributed by atoms with E-state index in [0.29, 0.717) is 36.8 Å². The van der Waals surface area contributed by atoms with Crippen molar-refractivity contribution in [2.75, 3.05) is 31.1 Å². The number of halogens is 4. The number of carbonyl (C=O) groups is 2. The number of hydrogen-bond donors (Lipinski definition) is 1. The molecule has 2 aliphatic heterocycles. The number of anilines is 1. The van der Waals surface area contributed by atoms with E-state index in [4.69, 9.17) is 11.6 Å². The van der Waals surface area contributed by atoms with E-state index in [2.05, 4.69) is 22.1 Å². The van der Waals surface area contributed by atoms with Crippen LogP contribution in [0.3, 0.4) is 0 Å². The van der Waals surface area contributed by atoms with Crippen LogP contribution >= 0.6 is 11.6 Å². The summed E-state index contributed by atoms with van der Waals surface area (Å²) >= 11 is 5.96. The van der Waals surface area contributed by atoms with Crippen LogP contribution in [0.4, 0.5) is 18.9 Å². The van der Waals surface area contributed by atoms with Crippen LogP contribution < -0.4 is 10.2 Å². The van der Waals surface area contributed by atoms with Crippen LogP contribution in [0.1, 0.15) is 72.5 Å². The molecule has 1 N–H and O–H groups in total. The molecule has 2 saturated heterocycles. The van der Waals surface area contributed by atoms with Gasteiger partial charge < -0.3 is 15.1 Å². The summed E-state index contributed by atoms with van der Waals surface area (Å²) in [5.41, 5.74) is -0.590. The number of nitrogens with one attached hydrogen (secondary N) is 1. The minimum absolute atomic E-state index is 0.0122. The first-order chi connectivity index (χ1) is 19.0. The standard InChI is InChI=1S/C29H35ClF3N5O2/c1-3-22-17-37(25-11-10-24(27(39)34-21-8-9-21)35-26(25)29(31,32)33)18(2)16-38(22)23-12-14-36(15-13-23)28(40)19-4-6-20(30)7-5-19/h4-7,10-11,18,21-23H,3,8-9,12-17H2,1-2H3,(H,34,39)/t18?,22-/m0/s1. The quantitative estimate of drug-likeness (QED) is 0.509. The maximum absolute atomic E-state index is 14.2. The van der Waals surface area contributed by atoms with Gasteiger partial charge in [-0.15, -0.1) is 0 Å². The SMILES string of the molecule is CC[C@H]1CN(c2ccc(C(=O)NC3CC3)nc2C(F)(F)F)C(C)CN1C1CCN(C(=O)c2ccc(Cl)cc2)CC1. The lowest BCUT2D eigenvalue weighted by atomic mass is 9.95. The molecular weight excluding hydrogens is 543 g/mol. The van der Waals surface area contributed by atoms with Crippen molar-refractivity contribution >= 4 is 29.1 Å². The van der Waals surface area contributed by atoms with Crippen molar-refractivity contribution < 1.29 is 22.8 Å². The summed E-state index contributed by atoms with van der Waals surface area (Å²) < 4.78 is 42.5. The van der Waals surface area contributed by atoms with E-state index in [9.17, 15) is 22.8 Å². The monoisotopic (exact) mass is 577 g/mol. The highest BCUT2D eigenvalue weighted by Crippen LogP contribution is 2.38. The number of carbonyl (C=O) groups excluding carboxylic acids is 2. The number of alkyl halides is 3. The van der Waals surface area contributed by atoms with E-state index in [0.717, 1.165) is 32.1 Å². The van der Waals surface area contributed by atoms with Crippen molar-refractivity contribution in [2.24, 2.45) is 0 Å². The van der Waals surface area contributed by atoms with Gasteiger partial charge >= 0.3 is 6.18 Å². The number of likely N-dealkylation sites (tertiary alicyclic amines) is 1. The first-order valence-electron chi connectivity index (χ1n) is 14.0. The van der Waals surface area contributed by atoms with Gasteiger partial charge in [0.25, 0.3) is 11.8 Å². The number of pyridine rings is 1. The Hall–Kier alpha value is -2.85. The number of aromatic nitrogens is 1. The van der Waals surface area contributed by atoms with Crippen LogP contribution in [0.25, 0.3) is 0 Å². The molecular formula is C29H35ClF3N5O2. The molecule has 0 bridgehead atoms. The lowest BCUT2D eigenvalue weighted by Gasteiger charge is -2.51. The fourth-order valence-electron chi connectivity index (χ4n) is 5.89. The van der Waals surface area contributed by atoms with Gasteiger partial charge in [0.05, 0.1) is 5.69 Å². The molecule has 3 fully saturated rings. The van der Waals surface area contributed by atoms with Crippen molar-refractivity contribution in [2.45, 2.75) is 76.3 Å². The predicted molar refractivity (Wildman–Crippen MR) is 148 cm³/mol. The molecule has 5 rings (SSSR count). The number of benzene rings is 1. The van der Waals surface area contributed by atoms with Crippen LogP contribution in [0.2, 0.25) is 5.02 Å². The zero-order valence-electron chi connectivity index (χ0n) is 22.8. The van der Waals surface area contributed by atoms with Gasteiger partial charge in [0.2, 0.25) is 0 Å². The van der Waals surface area contributed by atoms with Gasteiger partial charge in [-0.2, -0.15) is 13.2 Å². The number of nitrogens with zero attached hydrogens (tertiary/aromatic N) is 4. The normalized spacial score (nSPS) is 22.9. The average molecular weight is 578 g/mol. The average Bonchev–Trinajstić information content (AvgIpc) is 3.76. The number of rotatable bonds is 6. The molecule has 1 unspecified atom stereocenters. The molecule has 40 heavy (non-hydrogen) atoms. The summed E-state index contributed by atoms with van der Waals surface area (Å²) in [7, 11) is 0. The summed E-state index contributed by atoms with van der Waals surface area (Å²) in [6.07, 6.45) is -0.607. The summed E-state index contributed by atoms with van der Waals surface area (Å²) in [4.78, 5) is 35.2. The zero-order chi connectivity index (χ0) is 28.6. The molecule has 7 nitrogen and oxygen atoms in total. The summed E-state index contributed by atoms with van der Waals surface area (Å²) in [6, 6.07) is 9.84. The molecule has 2 amide bonds. The van der Waals surface area contributed by atoms with Crippen molar-refractivity contribution in [3.63, 3.8) is 0 Å². The van der Waals surface area contributed by atoms with Crippen molar-refractivity contribution in [3.8, 4) is 0 Å². The Labute approximate surface area is 237 Å². The number of amides is 2. The Morgan fingerprint density at radius 2 is 1.70 bits per heavy atom. The first kappa shape index (κ1) is 28.7. The third-order valence-electron chi connectivity index (χ3n) is 8.26. The Kier molecular flexibility index (Phi) is 8.29. The molecule has 0 radical (unpaired) electrons. The minimum atomic E-state index is -4.69. The van der Waals surface area contributed by atoms with Gasteiger partial charge in [0.1, 0.15) is 5.69 Å². The highest BCUT2D eigenvalue weighted by Gasteiger charge is 2.42. The van der Waals surface area contributed by atoms with Crippen LogP contribution in [0.5, 0.6) is 0 Å². The van der Waals surface area contributed by atoms with Crippen molar-refractivity contribution in [1.29, 1.82) is 0 Å². The molecule has 3 aliphatic rings. The highest BCUT2D eigenvalue weighted by atomic mass is 35.5. The van der Waals surface area contributed by atoms with Gasteiger partial charge in [-0.1, -0.05) is 18.5 Å². The molecule has 0 spiro atoms. The van der Waals surface area contributed by atoms with Gasteiger partial charge in [-0.3, -0.25) is 14.5 Å². The zero-order valence-corrected chi connectivity index (χ0v) is 23.5. The van der Waals surface area contributed by atoms with E-state index in [1.807, 2.05) is 11.8 Å². The highest BCUT2D eigenvalue weighted by molar-refractivity contribution is 6.30. The Balaban J connectivity index is 1.28. The summed E-state index contributed by atoms with van der Waals surface area (Å²) in [5.74, 6) is -0.577. The number of piperazine rings is 1. The molecule has 1 saturated carbocycles. The van der Waals surface area contributed by atoms with Crippen LogP contribution in [-0.4, -0.2) is 76.9 Å². The molecule has 216 valence electrons. The van der Waals surface area contributed by atoms with Gasteiger partial charge in [0, 0.05) is 60.9 Å². The van der Waals surface area contributed by atoms with Crippen molar-refractivity contribution in [1.82, 2.24) is 20.1 Å². The second-order valence-corrected chi connectivity index (χ2v) is 11.5. The lowest BCUT2D eigenvalue weighted by molar-refractivity contribution is -0.140. The summed E-state index contributed by atoms with van der Waals surface area (Å²) in [5, 5.41) is 3.30. The molecule has 11 heteroatoms. The maximum atomic E-state index is 14.2. The minimum Gasteiger partial charge on any atom is -0.364 e. The molecule has 2 atom stereocenters.